The first kappa shape index (κ1) is 18.7. The number of para-hydroxylation sites is 1. The zero-order chi connectivity index (χ0) is 19.2. The van der Waals surface area contributed by atoms with E-state index in [-0.39, 0.29) is 18.0 Å². The van der Waals surface area contributed by atoms with Gasteiger partial charge in [0.15, 0.2) is 11.5 Å². The predicted molar refractivity (Wildman–Crippen MR) is 104 cm³/mol. The number of benzene rings is 2. The van der Waals surface area contributed by atoms with Gasteiger partial charge in [0.25, 0.3) is 0 Å². The molecule has 1 N–H and O–H groups in total. The van der Waals surface area contributed by atoms with Gasteiger partial charge in [-0.15, -0.1) is 11.3 Å². The van der Waals surface area contributed by atoms with Crippen molar-refractivity contribution in [3.05, 3.63) is 81.8 Å². The second-order valence-corrected chi connectivity index (χ2v) is 6.58. The molecule has 0 saturated heterocycles. The lowest BCUT2D eigenvalue weighted by molar-refractivity contribution is -0.130. The highest BCUT2D eigenvalue weighted by Crippen LogP contribution is 2.35. The Hall–Kier alpha value is -3.12. The lowest BCUT2D eigenvalue weighted by Crippen LogP contribution is -2.01. The highest BCUT2D eigenvalue weighted by atomic mass is 32.1. The van der Waals surface area contributed by atoms with Crippen LogP contribution in [0.1, 0.15) is 16.0 Å². The van der Waals surface area contributed by atoms with E-state index in [1.807, 2.05) is 5.38 Å². The summed E-state index contributed by atoms with van der Waals surface area (Å²) in [6, 6.07) is 14.8. The maximum atomic E-state index is 13.1. The number of ether oxygens (including phenoxy) is 2. The van der Waals surface area contributed by atoms with Gasteiger partial charge in [0.2, 0.25) is 0 Å². The number of aliphatic carboxylic acids is 1. The van der Waals surface area contributed by atoms with Crippen LogP contribution in [0.4, 0.5) is 4.39 Å². The maximum absolute atomic E-state index is 13.1. The minimum Gasteiger partial charge on any atom is -0.493 e. The Labute approximate surface area is 160 Å². The summed E-state index contributed by atoms with van der Waals surface area (Å²) in [7, 11) is 1.52. The number of methoxy groups -OCH3 is 1. The Morgan fingerprint density at radius 3 is 2.56 bits per heavy atom. The molecule has 6 heteroatoms. The normalized spacial score (nSPS) is 11.3. The van der Waals surface area contributed by atoms with Gasteiger partial charge in [-0.1, -0.05) is 30.3 Å². The zero-order valence-electron chi connectivity index (χ0n) is 14.5. The van der Waals surface area contributed by atoms with Crippen LogP contribution in [-0.4, -0.2) is 18.2 Å². The number of hydrogen-bond acceptors (Lipinski definition) is 4. The molecule has 4 nitrogen and oxygen atoms in total. The van der Waals surface area contributed by atoms with Crippen LogP contribution < -0.4 is 9.47 Å². The fourth-order valence-electron chi connectivity index (χ4n) is 2.52. The van der Waals surface area contributed by atoms with Crippen molar-refractivity contribution in [3.63, 3.8) is 0 Å². The van der Waals surface area contributed by atoms with Gasteiger partial charge in [0.1, 0.15) is 12.4 Å². The molecular weight excluding hydrogens is 367 g/mol. The molecular formula is C21H17FO4S. The van der Waals surface area contributed by atoms with Gasteiger partial charge in [-0.25, -0.2) is 9.18 Å². The Balaban J connectivity index is 1.96. The monoisotopic (exact) mass is 384 g/mol. The van der Waals surface area contributed by atoms with Crippen molar-refractivity contribution in [1.82, 2.24) is 0 Å². The third-order valence-electron chi connectivity index (χ3n) is 3.84. The summed E-state index contributed by atoms with van der Waals surface area (Å²) >= 11 is 1.35. The molecule has 0 amide bonds. The van der Waals surface area contributed by atoms with Gasteiger partial charge in [-0.2, -0.15) is 0 Å². The number of carboxylic acid groups (broad SMARTS) is 1. The first-order chi connectivity index (χ1) is 13.1. The van der Waals surface area contributed by atoms with Crippen LogP contribution in [0.15, 0.2) is 60.0 Å². The molecule has 3 rings (SSSR count). The number of halogens is 1. The topological polar surface area (TPSA) is 55.8 Å². The zero-order valence-corrected chi connectivity index (χ0v) is 15.3. The molecule has 0 fully saturated rings. The average molecular weight is 384 g/mol. The largest absolute Gasteiger partial charge is 0.493 e. The fraction of sp³-hybridized carbons (Fsp3) is 0.0952. The van der Waals surface area contributed by atoms with Crippen LogP contribution in [0.5, 0.6) is 11.5 Å². The van der Waals surface area contributed by atoms with Crippen LogP contribution in [0.3, 0.4) is 0 Å². The number of hydrogen-bond donors (Lipinski definition) is 1. The molecule has 0 aliphatic carbocycles. The van der Waals surface area contributed by atoms with Gasteiger partial charge in [-0.05, 0) is 41.3 Å². The summed E-state index contributed by atoms with van der Waals surface area (Å²) in [5, 5.41) is 11.4. The van der Waals surface area contributed by atoms with Crippen molar-refractivity contribution >= 4 is 29.0 Å². The number of carboxylic acids is 1. The Morgan fingerprint density at radius 2 is 1.93 bits per heavy atom. The van der Waals surface area contributed by atoms with Crippen molar-refractivity contribution in [2.24, 2.45) is 0 Å². The summed E-state index contributed by atoms with van der Waals surface area (Å²) in [5.74, 6) is -0.423. The van der Waals surface area contributed by atoms with E-state index in [1.54, 1.807) is 48.5 Å². The lowest BCUT2D eigenvalue weighted by Gasteiger charge is -2.14. The first-order valence-corrected chi connectivity index (χ1v) is 8.99. The first-order valence-electron chi connectivity index (χ1n) is 8.11. The number of thiophene rings is 1. The molecule has 0 radical (unpaired) electrons. The molecule has 0 aliphatic heterocycles. The van der Waals surface area contributed by atoms with Crippen molar-refractivity contribution in [1.29, 1.82) is 0 Å². The van der Waals surface area contributed by atoms with Crippen LogP contribution in [0.25, 0.3) is 11.6 Å². The fourth-order valence-corrected chi connectivity index (χ4v) is 3.26. The molecule has 2 aromatic carbocycles. The van der Waals surface area contributed by atoms with Crippen LogP contribution in [0, 0.1) is 5.82 Å². The molecule has 27 heavy (non-hydrogen) atoms. The average Bonchev–Trinajstić information content (AvgIpc) is 3.20. The van der Waals surface area contributed by atoms with Gasteiger partial charge in [0, 0.05) is 10.4 Å². The minimum absolute atomic E-state index is 0.171. The summed E-state index contributed by atoms with van der Waals surface area (Å²) in [5.41, 5.74) is 1.54. The highest BCUT2D eigenvalue weighted by Gasteiger charge is 2.15. The molecule has 3 aromatic rings. The highest BCUT2D eigenvalue weighted by molar-refractivity contribution is 7.11. The van der Waals surface area contributed by atoms with Gasteiger partial charge < -0.3 is 14.6 Å². The Bertz CT molecular complexity index is 947. The van der Waals surface area contributed by atoms with E-state index >= 15 is 0 Å². The molecule has 0 atom stereocenters. The standard InChI is InChI=1S/C21H17FO4S/c1-25-18-5-2-4-15(12-17(21(23)24)19-6-3-11-27-19)20(18)26-13-14-7-9-16(22)10-8-14/h2-12H,13H2,1H3,(H,23,24)/b17-12-. The lowest BCUT2D eigenvalue weighted by atomic mass is 10.1. The predicted octanol–water partition coefficient (Wildman–Crippen LogP) is 5.10. The maximum Gasteiger partial charge on any atom is 0.337 e. The summed E-state index contributed by atoms with van der Waals surface area (Å²) < 4.78 is 24.3. The van der Waals surface area contributed by atoms with Crippen LogP contribution >= 0.6 is 11.3 Å². The van der Waals surface area contributed by atoms with Crippen molar-refractivity contribution in [2.45, 2.75) is 6.61 Å². The second kappa shape index (κ2) is 8.51. The van der Waals surface area contributed by atoms with E-state index < -0.39 is 5.97 Å². The summed E-state index contributed by atoms with van der Waals surface area (Å²) in [6.07, 6.45) is 1.57. The van der Waals surface area contributed by atoms with Gasteiger partial charge in [-0.3, -0.25) is 0 Å². The number of carbonyl (C=O) groups is 1. The van der Waals surface area contributed by atoms with Crippen LogP contribution in [0.2, 0.25) is 0 Å². The quantitative estimate of drug-likeness (QED) is 0.576. The number of rotatable bonds is 7. The molecule has 0 saturated carbocycles. The van der Waals surface area contributed by atoms with E-state index in [0.717, 1.165) is 5.56 Å². The van der Waals surface area contributed by atoms with Crippen molar-refractivity contribution in [2.75, 3.05) is 7.11 Å². The van der Waals surface area contributed by atoms with Crippen molar-refractivity contribution < 1.29 is 23.8 Å². The second-order valence-electron chi connectivity index (χ2n) is 5.63. The molecule has 0 unspecified atom stereocenters. The molecule has 0 spiro atoms. The smallest absolute Gasteiger partial charge is 0.337 e. The third-order valence-corrected chi connectivity index (χ3v) is 4.75. The Kier molecular flexibility index (Phi) is 5.88. The molecule has 1 aromatic heterocycles. The molecule has 1 heterocycles. The van der Waals surface area contributed by atoms with E-state index in [9.17, 15) is 14.3 Å². The molecule has 0 bridgehead atoms. The molecule has 0 aliphatic rings. The molecule has 138 valence electrons. The van der Waals surface area contributed by atoms with Crippen molar-refractivity contribution in [3.8, 4) is 11.5 Å². The SMILES string of the molecule is COc1cccc(/C=C(\C(=O)O)c2cccs2)c1OCc1ccc(F)cc1. The summed E-state index contributed by atoms with van der Waals surface area (Å²) in [4.78, 5) is 12.4. The van der Waals surface area contributed by atoms with E-state index in [0.29, 0.717) is 21.9 Å². The van der Waals surface area contributed by atoms with Gasteiger partial charge in [0.05, 0.1) is 12.7 Å². The summed E-state index contributed by atoms with van der Waals surface area (Å²) in [6.45, 7) is 0.197. The Morgan fingerprint density at radius 1 is 1.15 bits per heavy atom. The van der Waals surface area contributed by atoms with Crippen LogP contribution in [-0.2, 0) is 11.4 Å². The minimum atomic E-state index is -1.02. The third kappa shape index (κ3) is 4.54. The van der Waals surface area contributed by atoms with E-state index in [1.165, 1.54) is 30.6 Å². The van der Waals surface area contributed by atoms with Gasteiger partial charge >= 0.3 is 5.97 Å². The van der Waals surface area contributed by atoms with E-state index in [4.69, 9.17) is 9.47 Å². The van der Waals surface area contributed by atoms with E-state index in [2.05, 4.69) is 0 Å².